The number of amides is 2. The molecule has 5 aromatic heterocycles. The molecule has 8 rings (SSSR count). The molecule has 464 valence electrons. The third kappa shape index (κ3) is 19.2. The van der Waals surface area contributed by atoms with Gasteiger partial charge < -0.3 is 20.9 Å². The standard InChI is InChI=1S/C23H30FN7O3S.C14H12FN3O.C13H14FN3.C9H18N4O2S/c1-14(2)19-7-17(24)8-20(16-10-25-13-26-11-16)22(19)27-23(32)29-35(33,34)21-9-18(12-30(5)6)31(28-21)15(3)4;1-9(2)12-3-11(15)4-13(14(12)18-8-19)10-5-16-7-17-6-10;1-8(2)11-3-10(14)4-12(13(11)15)9-5-16-7-17-6-9;1-7(2)13-8(6-12(3)4)5-9(11-13)16(10,14)15/h7-11,13-15H,12H2,1-6H3,(H2,27,29,32);3-7,9H,1-2H3;3-8H,15H2,1-2H3;5,7H,6H2,1-4H3,(H2,10,14,15). The zero-order chi connectivity index (χ0) is 64.7. The Hall–Kier alpha value is -8.66. The summed E-state index contributed by atoms with van der Waals surface area (Å²) < 4.78 is 95.4. The van der Waals surface area contributed by atoms with Gasteiger partial charge in [0, 0.05) is 114 Å². The highest BCUT2D eigenvalue weighted by molar-refractivity contribution is 7.90. The van der Waals surface area contributed by atoms with Crippen LogP contribution in [-0.4, -0.2) is 116 Å². The average molecular weight is 1240 g/mol. The summed E-state index contributed by atoms with van der Waals surface area (Å²) in [6, 6.07) is 10.1. The van der Waals surface area contributed by atoms with Gasteiger partial charge in [-0.3, -0.25) is 9.36 Å². The van der Waals surface area contributed by atoms with Crippen molar-refractivity contribution in [2.45, 2.75) is 122 Å². The molecule has 0 bridgehead atoms. The molecule has 0 saturated heterocycles. The minimum atomic E-state index is -4.28. The SMILES string of the molecule is CC(C)c1cc(F)cc(-c2cncnc2)c1N.CC(C)c1cc(F)cc(-c2cncnc2)c1N=C=O.CC(C)c1cc(F)cc(-c2cncnc2)c1NC(=O)NS(=O)(=O)c1cc(CN(C)C)n(C(C)C)n1.CC(C)n1nc(S(N)(=O)=O)cc1CN(C)C. The Bertz CT molecular complexity index is 3900. The fourth-order valence-electron chi connectivity index (χ4n) is 8.75. The second-order valence-electron chi connectivity index (χ2n) is 21.9. The predicted molar refractivity (Wildman–Crippen MR) is 327 cm³/mol. The smallest absolute Gasteiger partial charge is 0.333 e. The first-order valence-corrected chi connectivity index (χ1v) is 30.3. The van der Waals surface area contributed by atoms with Crippen molar-refractivity contribution in [2.24, 2.45) is 10.1 Å². The van der Waals surface area contributed by atoms with Crippen molar-refractivity contribution in [3.8, 4) is 33.4 Å². The van der Waals surface area contributed by atoms with Crippen LogP contribution in [0.3, 0.4) is 0 Å². The molecule has 0 aliphatic rings. The Kier molecular flexibility index (Phi) is 24.3. The summed E-state index contributed by atoms with van der Waals surface area (Å²) in [5.41, 5.74) is 14.1. The quantitative estimate of drug-likeness (QED) is 0.0374. The van der Waals surface area contributed by atoms with Crippen LogP contribution in [-0.2, 0) is 37.9 Å². The summed E-state index contributed by atoms with van der Waals surface area (Å²) in [6.07, 6.45) is 15.0. The summed E-state index contributed by atoms with van der Waals surface area (Å²) in [5, 5.41) is 15.5. The van der Waals surface area contributed by atoms with Gasteiger partial charge in [0.05, 0.1) is 22.8 Å². The molecule has 0 fully saturated rings. The molecular weight excluding hydrogens is 1160 g/mol. The number of nitrogens with zero attached hydrogens (tertiary/aromatic N) is 13. The lowest BCUT2D eigenvalue weighted by molar-refractivity contribution is 0.256. The van der Waals surface area contributed by atoms with Gasteiger partial charge in [0.1, 0.15) is 36.4 Å². The molecule has 0 unspecified atom stereocenters. The first-order valence-electron chi connectivity index (χ1n) is 27.3. The van der Waals surface area contributed by atoms with Crippen LogP contribution in [0, 0.1) is 17.5 Å². The van der Waals surface area contributed by atoms with E-state index in [0.717, 1.165) is 16.8 Å². The van der Waals surface area contributed by atoms with E-state index >= 15 is 0 Å². The number of halogens is 3. The molecule has 0 spiro atoms. The zero-order valence-electron chi connectivity index (χ0n) is 51.0. The number of nitrogens with one attached hydrogen (secondary N) is 2. The molecule has 0 aliphatic heterocycles. The fourth-order valence-corrected chi connectivity index (χ4v) is 10.1. The molecule has 2 amide bonds. The number of aliphatic imine (C=N–C) groups is 1. The van der Waals surface area contributed by atoms with Crippen LogP contribution in [0.4, 0.5) is 35.0 Å². The zero-order valence-corrected chi connectivity index (χ0v) is 52.6. The van der Waals surface area contributed by atoms with Crippen LogP contribution in [0.1, 0.15) is 127 Å². The minimum absolute atomic E-state index is 0.0335. The van der Waals surface area contributed by atoms with E-state index < -0.39 is 31.9 Å². The molecular formula is C59H74F3N17O6S2. The Morgan fingerprint density at radius 3 is 1.37 bits per heavy atom. The van der Waals surface area contributed by atoms with Crippen LogP contribution in [0.5, 0.6) is 0 Å². The molecule has 6 N–H and O–H groups in total. The maximum absolute atomic E-state index is 14.4. The van der Waals surface area contributed by atoms with Crippen molar-refractivity contribution in [1.82, 2.24) is 64.0 Å². The summed E-state index contributed by atoms with van der Waals surface area (Å²) in [6.45, 7) is 20.2. The van der Waals surface area contributed by atoms with Gasteiger partial charge in [0.25, 0.3) is 20.0 Å². The van der Waals surface area contributed by atoms with Crippen molar-refractivity contribution in [2.75, 3.05) is 39.2 Å². The summed E-state index contributed by atoms with van der Waals surface area (Å²) in [7, 11) is -0.457. The van der Waals surface area contributed by atoms with Crippen LogP contribution in [0.15, 0.2) is 120 Å². The molecule has 28 heteroatoms. The van der Waals surface area contributed by atoms with Crippen molar-refractivity contribution in [3.63, 3.8) is 0 Å². The molecule has 0 atom stereocenters. The third-order valence-electron chi connectivity index (χ3n) is 12.6. The van der Waals surface area contributed by atoms with Crippen molar-refractivity contribution in [1.29, 1.82) is 0 Å². The Morgan fingerprint density at radius 1 is 0.575 bits per heavy atom. The highest BCUT2D eigenvalue weighted by Gasteiger charge is 2.27. The number of benzene rings is 3. The van der Waals surface area contributed by atoms with Crippen LogP contribution >= 0.6 is 0 Å². The number of carbonyl (C=O) groups is 1. The number of urea groups is 1. The monoisotopic (exact) mass is 1240 g/mol. The Balaban J connectivity index is 0.000000226. The lowest BCUT2D eigenvalue weighted by atomic mass is 9.95. The topological polar surface area (TPSA) is 310 Å². The second kappa shape index (κ2) is 30.6. The number of carbonyl (C=O) groups excluding carboxylic acids is 2. The number of primary sulfonamides is 1. The lowest BCUT2D eigenvalue weighted by Gasteiger charge is -2.18. The number of sulfonamides is 2. The van der Waals surface area contributed by atoms with Gasteiger partial charge in [0.2, 0.25) is 6.08 Å². The van der Waals surface area contributed by atoms with E-state index in [0.29, 0.717) is 69.1 Å². The largest absolute Gasteiger partial charge is 0.398 e. The maximum atomic E-state index is 14.4. The number of nitrogen functional groups attached to an aromatic ring is 1. The number of rotatable bonds is 17. The van der Waals surface area contributed by atoms with Crippen molar-refractivity contribution >= 4 is 49.2 Å². The van der Waals surface area contributed by atoms with Crippen LogP contribution in [0.25, 0.3) is 33.4 Å². The third-order valence-corrected chi connectivity index (χ3v) is 14.6. The summed E-state index contributed by atoms with van der Waals surface area (Å²) in [5.74, 6) is -1.13. The minimum Gasteiger partial charge on any atom is -0.398 e. The van der Waals surface area contributed by atoms with Gasteiger partial charge in [0.15, 0.2) is 10.1 Å². The second-order valence-corrected chi connectivity index (χ2v) is 25.1. The van der Waals surface area contributed by atoms with Crippen molar-refractivity contribution in [3.05, 3.63) is 150 Å². The molecule has 0 radical (unpaired) electrons. The van der Waals surface area contributed by atoms with Gasteiger partial charge >= 0.3 is 6.03 Å². The van der Waals surface area contributed by atoms with Gasteiger partial charge in [-0.2, -0.15) is 23.6 Å². The number of anilines is 2. The maximum Gasteiger partial charge on any atom is 0.333 e. The van der Waals surface area contributed by atoms with E-state index in [1.165, 1.54) is 86.0 Å². The summed E-state index contributed by atoms with van der Waals surface area (Å²) in [4.78, 5) is 54.6. The highest BCUT2D eigenvalue weighted by Crippen LogP contribution is 2.39. The van der Waals surface area contributed by atoms with E-state index in [9.17, 15) is 39.6 Å². The lowest BCUT2D eigenvalue weighted by Crippen LogP contribution is -2.35. The molecule has 0 aliphatic carbocycles. The normalized spacial score (nSPS) is 11.5. The number of isocyanates is 1. The molecule has 87 heavy (non-hydrogen) atoms. The van der Waals surface area contributed by atoms with Gasteiger partial charge in [-0.25, -0.2) is 70.9 Å². The van der Waals surface area contributed by atoms with Gasteiger partial charge in [-0.15, -0.1) is 0 Å². The molecule has 5 heterocycles. The average Bonchev–Trinajstić information content (AvgIpc) is 2.84. The van der Waals surface area contributed by atoms with E-state index in [1.54, 1.807) is 34.2 Å². The number of hydrogen-bond acceptors (Lipinski definition) is 18. The first kappa shape index (κ1) is 69.1. The van der Waals surface area contributed by atoms with Gasteiger partial charge in [-0.1, -0.05) is 41.5 Å². The van der Waals surface area contributed by atoms with Gasteiger partial charge in [-0.05, 0) is 127 Å². The number of nitrogens with two attached hydrogens (primary N) is 2. The summed E-state index contributed by atoms with van der Waals surface area (Å²) >= 11 is 0. The predicted octanol–water partition coefficient (Wildman–Crippen LogP) is 10.3. The van der Waals surface area contributed by atoms with Crippen molar-refractivity contribution < 1.29 is 39.6 Å². The number of hydrogen-bond donors (Lipinski definition) is 4. The first-order chi connectivity index (χ1) is 40.8. The van der Waals surface area contributed by atoms with Crippen LogP contribution in [0.2, 0.25) is 0 Å². The van der Waals surface area contributed by atoms with E-state index in [1.807, 2.05) is 112 Å². The molecule has 0 saturated carbocycles. The molecule has 8 aromatic rings. The highest BCUT2D eigenvalue weighted by atomic mass is 32.2. The van der Waals surface area contributed by atoms with E-state index in [-0.39, 0.29) is 57.2 Å². The fraction of sp³-hybridized carbons (Fsp3) is 0.356. The van der Waals surface area contributed by atoms with Crippen LogP contribution < -0.4 is 20.9 Å². The van der Waals surface area contributed by atoms with E-state index in [2.05, 4.69) is 50.4 Å². The molecule has 23 nitrogen and oxygen atoms in total. The Morgan fingerprint density at radius 2 is 0.954 bits per heavy atom. The number of aromatic nitrogens is 10. The molecule has 3 aromatic carbocycles. The van der Waals surface area contributed by atoms with E-state index in [4.69, 9.17) is 10.9 Å². The Labute approximate surface area is 505 Å².